The van der Waals surface area contributed by atoms with Gasteiger partial charge in [0.1, 0.15) is 0 Å². The number of nitrogens with two attached hydrogens (primary N) is 1. The Hall–Kier alpha value is -2.10. The largest absolute Gasteiger partial charge is 0.396 e. The van der Waals surface area contributed by atoms with Gasteiger partial charge in [0.2, 0.25) is 5.95 Å². The summed E-state index contributed by atoms with van der Waals surface area (Å²) in [5, 5.41) is 3.10. The molecule has 0 amide bonds. The Morgan fingerprint density at radius 3 is 2.31 bits per heavy atom. The van der Waals surface area contributed by atoms with E-state index < -0.39 is 0 Å². The molecule has 3 N–H and O–H groups in total. The molecule has 0 bridgehead atoms. The van der Waals surface area contributed by atoms with Crippen LogP contribution < -0.4 is 11.1 Å². The number of nitrogens with one attached hydrogen (secondary N) is 1. The Morgan fingerprint density at radius 1 is 1.12 bits per heavy atom. The first-order valence-electron chi connectivity index (χ1n) is 5.21. The Balaban J connectivity index is 2.11. The van der Waals surface area contributed by atoms with Crippen molar-refractivity contribution in [2.45, 2.75) is 13.3 Å². The molecule has 0 saturated carbocycles. The second-order valence-electron chi connectivity index (χ2n) is 3.52. The Morgan fingerprint density at radius 2 is 1.75 bits per heavy atom. The fourth-order valence-electron chi connectivity index (χ4n) is 1.36. The molecular formula is C12H14N4. The minimum absolute atomic E-state index is 0.554. The zero-order valence-corrected chi connectivity index (χ0v) is 9.14. The normalized spacial score (nSPS) is 10.1. The molecule has 16 heavy (non-hydrogen) atoms. The van der Waals surface area contributed by atoms with Gasteiger partial charge in [-0.3, -0.25) is 0 Å². The number of nitrogen functional groups attached to an aromatic ring is 1. The SMILES string of the molecule is CCc1ccc(Nc2ncc(N)cn2)cc1. The average molecular weight is 214 g/mol. The molecule has 0 aliphatic heterocycles. The highest BCUT2D eigenvalue weighted by molar-refractivity contribution is 5.54. The van der Waals surface area contributed by atoms with E-state index in [4.69, 9.17) is 5.73 Å². The van der Waals surface area contributed by atoms with Crippen LogP contribution in [0.15, 0.2) is 36.7 Å². The molecule has 0 unspecified atom stereocenters. The molecular weight excluding hydrogens is 200 g/mol. The lowest BCUT2D eigenvalue weighted by atomic mass is 10.1. The minimum atomic E-state index is 0.554. The summed E-state index contributed by atoms with van der Waals surface area (Å²) in [7, 11) is 0. The zero-order chi connectivity index (χ0) is 11.4. The number of hydrogen-bond donors (Lipinski definition) is 2. The van der Waals surface area contributed by atoms with Gasteiger partial charge in [-0.1, -0.05) is 19.1 Å². The van der Waals surface area contributed by atoms with Gasteiger partial charge < -0.3 is 11.1 Å². The van der Waals surface area contributed by atoms with Crippen LogP contribution in [0.3, 0.4) is 0 Å². The molecule has 0 atom stereocenters. The van der Waals surface area contributed by atoms with Crippen LogP contribution in [0.25, 0.3) is 0 Å². The summed E-state index contributed by atoms with van der Waals surface area (Å²) in [6.45, 7) is 2.13. The maximum atomic E-state index is 5.51. The van der Waals surface area contributed by atoms with E-state index in [-0.39, 0.29) is 0 Å². The van der Waals surface area contributed by atoms with E-state index in [2.05, 4.69) is 34.3 Å². The summed E-state index contributed by atoms with van der Waals surface area (Å²) in [6.07, 6.45) is 4.20. The van der Waals surface area contributed by atoms with E-state index >= 15 is 0 Å². The van der Waals surface area contributed by atoms with Crippen molar-refractivity contribution in [2.24, 2.45) is 0 Å². The summed E-state index contributed by atoms with van der Waals surface area (Å²) in [4.78, 5) is 8.14. The topological polar surface area (TPSA) is 63.8 Å². The smallest absolute Gasteiger partial charge is 0.227 e. The first kappa shape index (κ1) is 10.4. The van der Waals surface area contributed by atoms with Crippen LogP contribution in [-0.2, 0) is 6.42 Å². The highest BCUT2D eigenvalue weighted by atomic mass is 15.1. The monoisotopic (exact) mass is 214 g/mol. The van der Waals surface area contributed by atoms with Crippen LogP contribution in [-0.4, -0.2) is 9.97 Å². The molecule has 4 heteroatoms. The van der Waals surface area contributed by atoms with Crippen molar-refractivity contribution >= 4 is 17.3 Å². The van der Waals surface area contributed by atoms with E-state index in [0.717, 1.165) is 12.1 Å². The highest BCUT2D eigenvalue weighted by Crippen LogP contribution is 2.14. The molecule has 82 valence electrons. The van der Waals surface area contributed by atoms with Gasteiger partial charge >= 0.3 is 0 Å². The van der Waals surface area contributed by atoms with Gasteiger partial charge in [-0.15, -0.1) is 0 Å². The number of benzene rings is 1. The molecule has 0 fully saturated rings. The summed E-state index contributed by atoms with van der Waals surface area (Å²) in [5.74, 6) is 0.554. The number of nitrogens with zero attached hydrogens (tertiary/aromatic N) is 2. The first-order valence-corrected chi connectivity index (χ1v) is 5.21. The molecule has 2 aromatic rings. The summed E-state index contributed by atoms with van der Waals surface area (Å²) in [5.41, 5.74) is 8.35. The maximum Gasteiger partial charge on any atom is 0.227 e. The number of rotatable bonds is 3. The summed E-state index contributed by atoms with van der Waals surface area (Å²) >= 11 is 0. The quantitative estimate of drug-likeness (QED) is 0.823. The van der Waals surface area contributed by atoms with Gasteiger partial charge in [-0.05, 0) is 24.1 Å². The van der Waals surface area contributed by atoms with E-state index in [1.54, 1.807) is 12.4 Å². The highest BCUT2D eigenvalue weighted by Gasteiger charge is 1.97. The third-order valence-corrected chi connectivity index (χ3v) is 2.29. The fraction of sp³-hybridized carbons (Fsp3) is 0.167. The second-order valence-corrected chi connectivity index (χ2v) is 3.52. The molecule has 0 aliphatic carbocycles. The van der Waals surface area contributed by atoms with Gasteiger partial charge in [0, 0.05) is 5.69 Å². The van der Waals surface area contributed by atoms with Crippen LogP contribution in [0.5, 0.6) is 0 Å². The molecule has 1 aromatic heterocycles. The first-order chi connectivity index (χ1) is 7.78. The lowest BCUT2D eigenvalue weighted by Gasteiger charge is -2.05. The molecule has 0 aliphatic rings. The van der Waals surface area contributed by atoms with Crippen LogP contribution in [0.4, 0.5) is 17.3 Å². The molecule has 2 rings (SSSR count). The van der Waals surface area contributed by atoms with Gasteiger partial charge in [0.25, 0.3) is 0 Å². The number of aryl methyl sites for hydroxylation is 1. The lowest BCUT2D eigenvalue weighted by Crippen LogP contribution is -1.97. The van der Waals surface area contributed by atoms with Gasteiger partial charge in [-0.25, -0.2) is 9.97 Å². The van der Waals surface area contributed by atoms with Crippen molar-refractivity contribution in [1.82, 2.24) is 9.97 Å². The van der Waals surface area contributed by atoms with Gasteiger partial charge in [0.05, 0.1) is 18.1 Å². The van der Waals surface area contributed by atoms with Crippen molar-refractivity contribution in [1.29, 1.82) is 0 Å². The number of aromatic nitrogens is 2. The molecule has 0 spiro atoms. The van der Waals surface area contributed by atoms with E-state index in [1.165, 1.54) is 5.56 Å². The predicted molar refractivity (Wildman–Crippen MR) is 65.5 cm³/mol. The van der Waals surface area contributed by atoms with E-state index in [0.29, 0.717) is 11.6 Å². The summed E-state index contributed by atoms with van der Waals surface area (Å²) < 4.78 is 0. The predicted octanol–water partition coefficient (Wildman–Crippen LogP) is 2.36. The van der Waals surface area contributed by atoms with Crippen LogP contribution >= 0.6 is 0 Å². The number of hydrogen-bond acceptors (Lipinski definition) is 4. The van der Waals surface area contributed by atoms with Crippen molar-refractivity contribution in [3.63, 3.8) is 0 Å². The molecule has 0 saturated heterocycles. The minimum Gasteiger partial charge on any atom is -0.396 e. The fourth-order valence-corrected chi connectivity index (χ4v) is 1.36. The Labute approximate surface area is 94.5 Å². The zero-order valence-electron chi connectivity index (χ0n) is 9.14. The van der Waals surface area contributed by atoms with Crippen molar-refractivity contribution in [3.05, 3.63) is 42.2 Å². The van der Waals surface area contributed by atoms with Gasteiger partial charge in [0.15, 0.2) is 0 Å². The van der Waals surface area contributed by atoms with Gasteiger partial charge in [-0.2, -0.15) is 0 Å². The van der Waals surface area contributed by atoms with Crippen LogP contribution in [0, 0.1) is 0 Å². The molecule has 1 heterocycles. The lowest BCUT2D eigenvalue weighted by molar-refractivity contribution is 1.14. The Bertz CT molecular complexity index is 447. The van der Waals surface area contributed by atoms with E-state index in [9.17, 15) is 0 Å². The maximum absolute atomic E-state index is 5.51. The molecule has 4 nitrogen and oxygen atoms in total. The second kappa shape index (κ2) is 4.61. The standard InChI is InChI=1S/C12H14N4/c1-2-9-3-5-11(6-4-9)16-12-14-7-10(13)8-15-12/h3-8H,2,13H2,1H3,(H,14,15,16). The van der Waals surface area contributed by atoms with Crippen LogP contribution in [0.2, 0.25) is 0 Å². The van der Waals surface area contributed by atoms with Crippen molar-refractivity contribution in [2.75, 3.05) is 11.1 Å². The molecule has 0 radical (unpaired) electrons. The Kier molecular flexibility index (Phi) is 3.00. The third-order valence-electron chi connectivity index (χ3n) is 2.29. The third kappa shape index (κ3) is 2.48. The summed E-state index contributed by atoms with van der Waals surface area (Å²) in [6, 6.07) is 8.19. The van der Waals surface area contributed by atoms with Crippen LogP contribution in [0.1, 0.15) is 12.5 Å². The van der Waals surface area contributed by atoms with E-state index in [1.807, 2.05) is 12.1 Å². The molecule has 1 aromatic carbocycles. The van der Waals surface area contributed by atoms with Crippen molar-refractivity contribution < 1.29 is 0 Å². The average Bonchev–Trinajstić information content (AvgIpc) is 2.33. The number of anilines is 3. The van der Waals surface area contributed by atoms with Crippen molar-refractivity contribution in [3.8, 4) is 0 Å².